The molecule has 1 aliphatic rings. The average Bonchev–Trinajstić information content (AvgIpc) is 2.77. The van der Waals surface area contributed by atoms with Crippen LogP contribution in [0.25, 0.3) is 0 Å². The highest BCUT2D eigenvalue weighted by molar-refractivity contribution is 9.10. The molecule has 5 heteroatoms. The molecule has 0 aliphatic carbocycles. The van der Waals surface area contributed by atoms with Crippen LogP contribution in [0.4, 0.5) is 0 Å². The van der Waals surface area contributed by atoms with Crippen LogP contribution in [-0.4, -0.2) is 31.1 Å². The number of likely N-dealkylation sites (tertiary alicyclic amines) is 1. The van der Waals surface area contributed by atoms with Crippen LogP contribution in [0.2, 0.25) is 0 Å². The van der Waals surface area contributed by atoms with Crippen molar-refractivity contribution in [2.45, 2.75) is 25.4 Å². The minimum absolute atomic E-state index is 0. The molecule has 0 bridgehead atoms. The van der Waals surface area contributed by atoms with Crippen LogP contribution in [0.3, 0.4) is 0 Å². The highest BCUT2D eigenvalue weighted by Crippen LogP contribution is 2.19. The predicted molar refractivity (Wildman–Crippen MR) is 76.6 cm³/mol. The van der Waals surface area contributed by atoms with Gasteiger partial charge in [0.05, 0.1) is 0 Å². The van der Waals surface area contributed by atoms with E-state index in [-0.39, 0.29) is 12.4 Å². The second-order valence-electron chi connectivity index (χ2n) is 4.14. The lowest BCUT2D eigenvalue weighted by Crippen LogP contribution is -2.34. The van der Waals surface area contributed by atoms with Gasteiger partial charge in [0.1, 0.15) is 0 Å². The normalized spacial score (nSPS) is 21.0. The van der Waals surface area contributed by atoms with Crippen LogP contribution in [0.5, 0.6) is 0 Å². The van der Waals surface area contributed by atoms with Gasteiger partial charge in [0.25, 0.3) is 0 Å². The second kappa shape index (κ2) is 6.97. The molecule has 0 radical (unpaired) electrons. The van der Waals surface area contributed by atoms with Crippen LogP contribution in [-0.2, 0) is 6.54 Å². The number of likely N-dealkylation sites (N-methyl/N-ethyl adjacent to an activating group) is 1. The van der Waals surface area contributed by atoms with Gasteiger partial charge in [0.15, 0.2) is 0 Å². The third-order valence-corrected chi connectivity index (χ3v) is 4.67. The van der Waals surface area contributed by atoms with Gasteiger partial charge in [0, 0.05) is 33.9 Å². The highest BCUT2D eigenvalue weighted by atomic mass is 79.9. The van der Waals surface area contributed by atoms with E-state index in [0.29, 0.717) is 0 Å². The standard InChI is InChI=1S/C11H17BrN2S.ClH/c1-14-4-2-3-10(14)6-13-7-11-5-9(12)8-15-11;/h5,8,10,13H,2-4,6-7H2,1H3;1H. The molecule has 2 heterocycles. The zero-order valence-corrected chi connectivity index (χ0v) is 12.6. The number of halogens is 2. The first-order chi connectivity index (χ1) is 7.25. The van der Waals surface area contributed by atoms with E-state index >= 15 is 0 Å². The minimum atomic E-state index is 0. The van der Waals surface area contributed by atoms with Crippen molar-refractivity contribution in [3.05, 3.63) is 20.8 Å². The molecular weight excluding hydrogens is 308 g/mol. The van der Waals surface area contributed by atoms with Crippen molar-refractivity contribution in [1.82, 2.24) is 10.2 Å². The quantitative estimate of drug-likeness (QED) is 0.915. The van der Waals surface area contributed by atoms with Gasteiger partial charge in [-0.3, -0.25) is 0 Å². The fourth-order valence-corrected chi connectivity index (χ4v) is 3.47. The van der Waals surface area contributed by atoms with Crippen LogP contribution in [0.1, 0.15) is 17.7 Å². The van der Waals surface area contributed by atoms with Crippen molar-refractivity contribution in [2.24, 2.45) is 0 Å². The predicted octanol–water partition coefficient (Wildman–Crippen LogP) is 3.12. The molecule has 2 rings (SSSR count). The Bertz CT molecular complexity index is 319. The number of hydrogen-bond donors (Lipinski definition) is 1. The van der Waals surface area contributed by atoms with Crippen molar-refractivity contribution in [2.75, 3.05) is 20.1 Å². The Kier molecular flexibility index (Phi) is 6.29. The lowest BCUT2D eigenvalue weighted by atomic mass is 10.2. The van der Waals surface area contributed by atoms with E-state index in [1.165, 1.54) is 28.7 Å². The van der Waals surface area contributed by atoms with Crippen LogP contribution >= 0.6 is 39.7 Å². The summed E-state index contributed by atoms with van der Waals surface area (Å²) in [7, 11) is 2.22. The smallest absolute Gasteiger partial charge is 0.0300 e. The Morgan fingerprint density at radius 1 is 1.62 bits per heavy atom. The molecule has 1 N–H and O–H groups in total. The van der Waals surface area contributed by atoms with Gasteiger partial charge in [-0.05, 0) is 48.4 Å². The van der Waals surface area contributed by atoms with Crippen molar-refractivity contribution >= 4 is 39.7 Å². The monoisotopic (exact) mass is 324 g/mol. The van der Waals surface area contributed by atoms with E-state index < -0.39 is 0 Å². The summed E-state index contributed by atoms with van der Waals surface area (Å²) >= 11 is 5.28. The fourth-order valence-electron chi connectivity index (χ4n) is 2.05. The van der Waals surface area contributed by atoms with Crippen molar-refractivity contribution in [1.29, 1.82) is 0 Å². The molecule has 1 aliphatic heterocycles. The Balaban J connectivity index is 0.00000128. The van der Waals surface area contributed by atoms with Gasteiger partial charge < -0.3 is 10.2 Å². The largest absolute Gasteiger partial charge is 0.310 e. The molecule has 16 heavy (non-hydrogen) atoms. The summed E-state index contributed by atoms with van der Waals surface area (Å²) in [5.74, 6) is 0. The van der Waals surface area contributed by atoms with E-state index in [2.05, 4.69) is 44.6 Å². The Labute approximate surface area is 116 Å². The Hall–Kier alpha value is 0.390. The van der Waals surface area contributed by atoms with E-state index in [1.807, 2.05) is 11.3 Å². The summed E-state index contributed by atoms with van der Waals surface area (Å²) in [4.78, 5) is 3.86. The van der Waals surface area contributed by atoms with E-state index in [0.717, 1.165) is 19.1 Å². The number of rotatable bonds is 4. The third-order valence-electron chi connectivity index (χ3n) is 2.97. The molecule has 1 atom stereocenters. The van der Waals surface area contributed by atoms with Gasteiger partial charge in [-0.1, -0.05) is 0 Å². The molecule has 1 aromatic rings. The summed E-state index contributed by atoms with van der Waals surface area (Å²) in [6, 6.07) is 2.93. The molecule has 0 saturated carbocycles. The average molecular weight is 326 g/mol. The lowest BCUT2D eigenvalue weighted by molar-refractivity contribution is 0.300. The Morgan fingerprint density at radius 3 is 3.00 bits per heavy atom. The van der Waals surface area contributed by atoms with Crippen LogP contribution in [0, 0.1) is 0 Å². The molecule has 1 unspecified atom stereocenters. The summed E-state index contributed by atoms with van der Waals surface area (Å²) in [6.07, 6.45) is 2.70. The van der Waals surface area contributed by atoms with E-state index in [4.69, 9.17) is 0 Å². The first-order valence-electron chi connectivity index (χ1n) is 5.39. The van der Waals surface area contributed by atoms with Crippen molar-refractivity contribution in [3.8, 4) is 0 Å². The highest BCUT2D eigenvalue weighted by Gasteiger charge is 2.19. The van der Waals surface area contributed by atoms with Gasteiger partial charge >= 0.3 is 0 Å². The van der Waals surface area contributed by atoms with Crippen LogP contribution < -0.4 is 5.32 Å². The molecule has 1 fully saturated rings. The van der Waals surface area contributed by atoms with Gasteiger partial charge in [-0.2, -0.15) is 0 Å². The van der Waals surface area contributed by atoms with Gasteiger partial charge in [0.2, 0.25) is 0 Å². The second-order valence-corrected chi connectivity index (χ2v) is 6.05. The first-order valence-corrected chi connectivity index (χ1v) is 7.07. The number of nitrogens with zero attached hydrogens (tertiary/aromatic N) is 1. The van der Waals surface area contributed by atoms with Crippen LogP contribution in [0.15, 0.2) is 15.9 Å². The zero-order chi connectivity index (χ0) is 10.7. The van der Waals surface area contributed by atoms with Gasteiger partial charge in [-0.25, -0.2) is 0 Å². The number of hydrogen-bond acceptors (Lipinski definition) is 3. The summed E-state index contributed by atoms with van der Waals surface area (Å²) in [5, 5.41) is 5.67. The summed E-state index contributed by atoms with van der Waals surface area (Å²) in [5.41, 5.74) is 0. The van der Waals surface area contributed by atoms with Crippen molar-refractivity contribution in [3.63, 3.8) is 0 Å². The molecular formula is C11H18BrClN2S. The fraction of sp³-hybridized carbons (Fsp3) is 0.636. The molecule has 1 aromatic heterocycles. The summed E-state index contributed by atoms with van der Waals surface area (Å²) in [6.45, 7) is 3.38. The number of thiophene rings is 1. The van der Waals surface area contributed by atoms with Crippen molar-refractivity contribution < 1.29 is 0 Å². The minimum Gasteiger partial charge on any atom is -0.310 e. The maximum absolute atomic E-state index is 3.54. The maximum atomic E-state index is 3.54. The molecule has 2 nitrogen and oxygen atoms in total. The lowest BCUT2D eigenvalue weighted by Gasteiger charge is -2.19. The first kappa shape index (κ1) is 14.5. The zero-order valence-electron chi connectivity index (χ0n) is 9.41. The van der Waals surface area contributed by atoms with E-state index in [1.54, 1.807) is 0 Å². The van der Waals surface area contributed by atoms with Gasteiger partial charge in [-0.15, -0.1) is 23.7 Å². The summed E-state index contributed by atoms with van der Waals surface area (Å²) < 4.78 is 1.20. The third kappa shape index (κ3) is 4.00. The Morgan fingerprint density at radius 2 is 2.44 bits per heavy atom. The topological polar surface area (TPSA) is 15.3 Å². The molecule has 0 aromatic carbocycles. The molecule has 92 valence electrons. The maximum Gasteiger partial charge on any atom is 0.0300 e. The molecule has 0 spiro atoms. The SMILES string of the molecule is CN1CCCC1CNCc1cc(Br)cs1.Cl. The molecule has 0 amide bonds. The molecule has 1 saturated heterocycles. The van der Waals surface area contributed by atoms with E-state index in [9.17, 15) is 0 Å². The number of nitrogens with one attached hydrogen (secondary N) is 1.